The summed E-state index contributed by atoms with van der Waals surface area (Å²) in [5.41, 5.74) is 4.20. The van der Waals surface area contributed by atoms with Crippen molar-refractivity contribution in [3.05, 3.63) is 105 Å². The van der Waals surface area contributed by atoms with Gasteiger partial charge in [0.05, 0.1) is 16.3 Å². The van der Waals surface area contributed by atoms with Gasteiger partial charge >= 0.3 is 0 Å². The Bertz CT molecular complexity index is 2030. The van der Waals surface area contributed by atoms with Crippen LogP contribution in [-0.4, -0.2) is 53.3 Å². The van der Waals surface area contributed by atoms with Crippen LogP contribution >= 0.6 is 23.4 Å². The van der Waals surface area contributed by atoms with Crippen molar-refractivity contribution >= 4 is 47.2 Å². The van der Waals surface area contributed by atoms with E-state index in [1.165, 1.54) is 18.7 Å². The second-order valence-corrected chi connectivity index (χ2v) is 14.9. The molecule has 56 heavy (non-hydrogen) atoms. The van der Waals surface area contributed by atoms with E-state index in [9.17, 15) is 19.6 Å². The number of ketones is 1. The summed E-state index contributed by atoms with van der Waals surface area (Å²) in [5, 5.41) is 13.2. The highest BCUT2D eigenvalue weighted by Gasteiger charge is 2.26. The molecular formula is C43H49ClN4O7S. The van der Waals surface area contributed by atoms with Crippen LogP contribution in [-0.2, 0) is 26.4 Å². The van der Waals surface area contributed by atoms with E-state index in [0.29, 0.717) is 52.3 Å². The summed E-state index contributed by atoms with van der Waals surface area (Å²) in [6, 6.07) is 21.0. The zero-order chi connectivity index (χ0) is 41.4. The van der Waals surface area contributed by atoms with Gasteiger partial charge in [-0.05, 0) is 91.7 Å². The van der Waals surface area contributed by atoms with E-state index >= 15 is 0 Å². The lowest BCUT2D eigenvalue weighted by atomic mass is 9.77. The Hall–Kier alpha value is -5.25. The molecule has 11 nitrogen and oxygen atoms in total. The summed E-state index contributed by atoms with van der Waals surface area (Å²) in [7, 11) is 0. The largest absolute Gasteiger partial charge is 0.490 e. The molecule has 296 valence electrons. The first-order valence-electron chi connectivity index (χ1n) is 18.1. The highest BCUT2D eigenvalue weighted by atomic mass is 35.5. The number of amides is 2. The molecule has 1 saturated heterocycles. The molecule has 0 bridgehead atoms. The summed E-state index contributed by atoms with van der Waals surface area (Å²) in [4.78, 5) is 50.9. The molecule has 13 heteroatoms. The third kappa shape index (κ3) is 12.9. The van der Waals surface area contributed by atoms with E-state index in [4.69, 9.17) is 30.6 Å². The Labute approximate surface area is 338 Å². The maximum absolute atomic E-state index is 12.3. The number of piperidine rings is 1. The Morgan fingerprint density at radius 1 is 1.04 bits per heavy atom. The first kappa shape index (κ1) is 45.1. The van der Waals surface area contributed by atoms with Crippen molar-refractivity contribution in [2.75, 3.05) is 19.5 Å². The van der Waals surface area contributed by atoms with Crippen molar-refractivity contribution in [1.82, 2.24) is 15.3 Å². The number of aldehydes is 1. The number of halogens is 1. The molecule has 2 amide bonds. The van der Waals surface area contributed by atoms with Gasteiger partial charge in [-0.25, -0.2) is 9.97 Å². The standard InChI is InChI=1S/C35H36ClN3O4S.C6H9NO2.C2H4O/c1-22(2)32(40)30-12-11-29(17-23(30)3)41-15-16-42-33-24(20-37)18-26(19-31(33)36)35(4,5)25-7-9-28(10-8-25)43-21-27-13-14-38-34(39-27)44-6;1-4-2-3-5(8)7-6(4)9;1-2-3/h7-14,17-19,22H,15-16,21H2,1-6H3;4H,2-3H2,1H3,(H,7,8,9);2H,1H3. The number of ether oxygens (including phenoxy) is 3. The van der Waals surface area contributed by atoms with Crippen molar-refractivity contribution in [2.45, 2.75) is 78.5 Å². The number of hydrogen-bond donors (Lipinski definition) is 1. The summed E-state index contributed by atoms with van der Waals surface area (Å²) in [5.74, 6) is 1.47. The number of imide groups is 1. The zero-order valence-electron chi connectivity index (χ0n) is 33.1. The average molecular weight is 801 g/mol. The quantitative estimate of drug-likeness (QED) is 0.0345. The Morgan fingerprint density at radius 2 is 1.70 bits per heavy atom. The van der Waals surface area contributed by atoms with Crippen LogP contribution in [0.5, 0.6) is 17.2 Å². The van der Waals surface area contributed by atoms with E-state index in [1.807, 2.05) is 82.5 Å². The summed E-state index contributed by atoms with van der Waals surface area (Å²) in [6.45, 7) is 13.9. The summed E-state index contributed by atoms with van der Waals surface area (Å²) >= 11 is 8.15. The lowest BCUT2D eigenvalue weighted by Crippen LogP contribution is -2.39. The Kier molecular flexibility index (Phi) is 17.5. The highest BCUT2D eigenvalue weighted by Crippen LogP contribution is 2.38. The number of carbonyl (C=O) groups is 4. The second kappa shape index (κ2) is 21.7. The minimum atomic E-state index is -0.448. The molecular weight excluding hydrogens is 752 g/mol. The Morgan fingerprint density at radius 3 is 2.29 bits per heavy atom. The number of nitriles is 1. The van der Waals surface area contributed by atoms with E-state index in [0.717, 1.165) is 34.4 Å². The molecule has 0 aliphatic carbocycles. The molecule has 1 fully saturated rings. The molecule has 0 spiro atoms. The topological polar surface area (TPSA) is 158 Å². The van der Waals surface area contributed by atoms with Crippen LogP contribution in [0.4, 0.5) is 0 Å². The third-order valence-electron chi connectivity index (χ3n) is 8.82. The molecule has 4 aromatic rings. The number of nitrogens with one attached hydrogen (secondary N) is 1. The lowest BCUT2D eigenvalue weighted by Gasteiger charge is -2.27. The number of aryl methyl sites for hydroxylation is 1. The van der Waals surface area contributed by atoms with Gasteiger partial charge in [0.2, 0.25) is 11.8 Å². The molecule has 1 aliphatic rings. The van der Waals surface area contributed by atoms with Crippen LogP contribution in [0.25, 0.3) is 0 Å². The predicted molar refractivity (Wildman–Crippen MR) is 218 cm³/mol. The van der Waals surface area contributed by atoms with Gasteiger partial charge in [0.25, 0.3) is 0 Å². The van der Waals surface area contributed by atoms with E-state index in [-0.39, 0.29) is 42.6 Å². The number of thioether (sulfide) groups is 1. The van der Waals surface area contributed by atoms with Gasteiger partial charge in [0.1, 0.15) is 43.7 Å². The predicted octanol–water partition coefficient (Wildman–Crippen LogP) is 8.50. The molecule has 1 aliphatic heterocycles. The maximum Gasteiger partial charge on any atom is 0.229 e. The molecule has 0 radical (unpaired) electrons. The SMILES string of the molecule is CC1CCC(=O)NC1=O.CC=O.CSc1nccc(COc2ccc(C(C)(C)c3cc(Cl)c(OCCOc4ccc(C(=O)C(C)C)c(C)c4)c(C#N)c3)cc2)n1. The van der Waals surface area contributed by atoms with Gasteiger partial charge < -0.3 is 19.0 Å². The molecule has 0 saturated carbocycles. The van der Waals surface area contributed by atoms with Gasteiger partial charge in [0.15, 0.2) is 16.7 Å². The highest BCUT2D eigenvalue weighted by molar-refractivity contribution is 7.98. The normalized spacial score (nSPS) is 13.6. The van der Waals surface area contributed by atoms with E-state index < -0.39 is 5.41 Å². The number of benzene rings is 3. The number of aromatic nitrogens is 2. The molecule has 1 aromatic heterocycles. The fourth-order valence-electron chi connectivity index (χ4n) is 5.45. The minimum Gasteiger partial charge on any atom is -0.490 e. The molecule has 1 N–H and O–H groups in total. The molecule has 3 aromatic carbocycles. The average Bonchev–Trinajstić information content (AvgIpc) is 3.18. The fraction of sp³-hybridized carbons (Fsp3) is 0.372. The van der Waals surface area contributed by atoms with Crippen LogP contribution in [0, 0.1) is 30.1 Å². The number of carbonyl (C=O) groups excluding carboxylic acids is 4. The smallest absolute Gasteiger partial charge is 0.229 e. The molecule has 1 atom stereocenters. The summed E-state index contributed by atoms with van der Waals surface area (Å²) in [6.07, 6.45) is 5.61. The number of Topliss-reactive ketones (excluding diaryl/α,β-unsaturated/α-hetero) is 1. The maximum atomic E-state index is 12.3. The van der Waals surface area contributed by atoms with Crippen LogP contribution in [0.15, 0.2) is 72.0 Å². The van der Waals surface area contributed by atoms with Gasteiger partial charge in [-0.2, -0.15) is 5.26 Å². The first-order valence-corrected chi connectivity index (χ1v) is 19.7. The number of rotatable bonds is 13. The van der Waals surface area contributed by atoms with Crippen LogP contribution in [0.3, 0.4) is 0 Å². The van der Waals surface area contributed by atoms with Crippen LogP contribution in [0.2, 0.25) is 5.02 Å². The van der Waals surface area contributed by atoms with Gasteiger partial charge in [-0.3, -0.25) is 19.7 Å². The zero-order valence-corrected chi connectivity index (χ0v) is 34.7. The van der Waals surface area contributed by atoms with Gasteiger partial charge in [-0.15, -0.1) is 0 Å². The third-order valence-corrected chi connectivity index (χ3v) is 9.67. The van der Waals surface area contributed by atoms with Crippen molar-refractivity contribution in [3.8, 4) is 23.3 Å². The van der Waals surface area contributed by atoms with Crippen molar-refractivity contribution in [1.29, 1.82) is 5.26 Å². The monoisotopic (exact) mass is 800 g/mol. The van der Waals surface area contributed by atoms with Gasteiger partial charge in [-0.1, -0.05) is 70.1 Å². The number of hydrogen-bond acceptors (Lipinski definition) is 11. The second-order valence-electron chi connectivity index (χ2n) is 13.7. The van der Waals surface area contributed by atoms with Crippen LogP contribution in [0.1, 0.15) is 92.7 Å². The van der Waals surface area contributed by atoms with Crippen molar-refractivity contribution < 1.29 is 33.4 Å². The van der Waals surface area contributed by atoms with Crippen molar-refractivity contribution in [3.63, 3.8) is 0 Å². The van der Waals surface area contributed by atoms with Crippen LogP contribution < -0.4 is 19.5 Å². The van der Waals surface area contributed by atoms with E-state index in [1.54, 1.807) is 18.3 Å². The van der Waals surface area contributed by atoms with E-state index in [2.05, 4.69) is 35.2 Å². The summed E-state index contributed by atoms with van der Waals surface area (Å²) < 4.78 is 17.7. The molecule has 2 heterocycles. The molecule has 5 rings (SSSR count). The Balaban J connectivity index is 0.000000601. The fourth-order valence-corrected chi connectivity index (χ4v) is 6.10. The minimum absolute atomic E-state index is 0.0164. The molecule has 1 unspecified atom stereocenters. The lowest BCUT2D eigenvalue weighted by molar-refractivity contribution is -0.135. The number of nitrogens with zero attached hydrogens (tertiary/aromatic N) is 3. The van der Waals surface area contributed by atoms with Crippen molar-refractivity contribution in [2.24, 2.45) is 11.8 Å². The van der Waals surface area contributed by atoms with Gasteiger partial charge in [0, 0.05) is 35.4 Å². The first-order chi connectivity index (χ1) is 26.6.